The summed E-state index contributed by atoms with van der Waals surface area (Å²) in [6.07, 6.45) is 5.50. The van der Waals surface area contributed by atoms with E-state index in [9.17, 15) is 4.79 Å². The van der Waals surface area contributed by atoms with Crippen molar-refractivity contribution in [3.63, 3.8) is 0 Å². The van der Waals surface area contributed by atoms with Crippen LogP contribution in [-0.2, 0) is 4.79 Å². The van der Waals surface area contributed by atoms with Crippen LogP contribution in [-0.4, -0.2) is 36.5 Å². The van der Waals surface area contributed by atoms with Crippen LogP contribution >= 0.6 is 0 Å². The Morgan fingerprint density at radius 1 is 1.35 bits per heavy atom. The van der Waals surface area contributed by atoms with E-state index in [1.165, 1.54) is 19.3 Å². The number of piperidine rings is 1. The molecule has 1 saturated heterocycles. The van der Waals surface area contributed by atoms with Gasteiger partial charge in [-0.05, 0) is 37.1 Å². The van der Waals surface area contributed by atoms with Gasteiger partial charge < -0.3 is 10.2 Å². The molecule has 1 fully saturated rings. The molecule has 1 rings (SSSR count). The summed E-state index contributed by atoms with van der Waals surface area (Å²) in [6, 6.07) is 0.504. The summed E-state index contributed by atoms with van der Waals surface area (Å²) < 4.78 is 0. The molecular weight excluding hydrogens is 248 g/mol. The first kappa shape index (κ1) is 17.5. The largest absolute Gasteiger partial charge is 0.341 e. The van der Waals surface area contributed by atoms with Crippen LogP contribution in [0.5, 0.6) is 0 Å². The van der Waals surface area contributed by atoms with Gasteiger partial charge in [-0.3, -0.25) is 4.79 Å². The molecule has 2 unspecified atom stereocenters. The second-order valence-corrected chi connectivity index (χ2v) is 7.46. The molecule has 1 heterocycles. The van der Waals surface area contributed by atoms with Crippen LogP contribution in [0.2, 0.25) is 0 Å². The first-order valence-electron chi connectivity index (χ1n) is 8.35. The average molecular weight is 282 g/mol. The maximum Gasteiger partial charge on any atom is 0.222 e. The lowest BCUT2D eigenvalue weighted by Gasteiger charge is -2.33. The Balaban J connectivity index is 2.53. The average Bonchev–Trinajstić information content (AvgIpc) is 2.38. The predicted octanol–water partition coefficient (Wildman–Crippen LogP) is 3.44. The van der Waals surface area contributed by atoms with Crippen LogP contribution in [0.15, 0.2) is 0 Å². The summed E-state index contributed by atoms with van der Waals surface area (Å²) in [5, 5.41) is 3.55. The third-order valence-corrected chi connectivity index (χ3v) is 4.66. The minimum Gasteiger partial charge on any atom is -0.341 e. The molecule has 1 aliphatic heterocycles. The molecule has 0 aromatic heterocycles. The molecule has 3 heteroatoms. The SMILES string of the molecule is CCCN(CC1CCCCN1)C(=O)CC(C)C(C)(C)C. The van der Waals surface area contributed by atoms with Crippen molar-refractivity contribution in [3.05, 3.63) is 0 Å². The monoisotopic (exact) mass is 282 g/mol. The van der Waals surface area contributed by atoms with Gasteiger partial charge in [-0.25, -0.2) is 0 Å². The van der Waals surface area contributed by atoms with Crippen molar-refractivity contribution in [1.82, 2.24) is 10.2 Å². The molecule has 0 aromatic carbocycles. The number of nitrogens with zero attached hydrogens (tertiary/aromatic N) is 1. The van der Waals surface area contributed by atoms with Crippen LogP contribution < -0.4 is 5.32 Å². The maximum absolute atomic E-state index is 12.6. The van der Waals surface area contributed by atoms with E-state index in [1.807, 2.05) is 0 Å². The molecule has 118 valence electrons. The van der Waals surface area contributed by atoms with Gasteiger partial charge in [0.05, 0.1) is 0 Å². The van der Waals surface area contributed by atoms with Crippen molar-refractivity contribution >= 4 is 5.91 Å². The zero-order valence-corrected chi connectivity index (χ0v) is 14.2. The summed E-state index contributed by atoms with van der Waals surface area (Å²) in [7, 11) is 0. The number of carbonyl (C=O) groups excluding carboxylic acids is 1. The van der Waals surface area contributed by atoms with Crippen molar-refractivity contribution in [1.29, 1.82) is 0 Å². The molecule has 0 aromatic rings. The van der Waals surface area contributed by atoms with Gasteiger partial charge in [-0.15, -0.1) is 0 Å². The second kappa shape index (κ2) is 8.02. The van der Waals surface area contributed by atoms with Gasteiger partial charge in [0.2, 0.25) is 5.91 Å². The van der Waals surface area contributed by atoms with E-state index in [-0.39, 0.29) is 5.41 Å². The van der Waals surface area contributed by atoms with Gasteiger partial charge in [-0.1, -0.05) is 41.0 Å². The third kappa shape index (κ3) is 5.82. The van der Waals surface area contributed by atoms with Crippen LogP contribution in [0.25, 0.3) is 0 Å². The van der Waals surface area contributed by atoms with E-state index in [2.05, 4.69) is 44.8 Å². The Kier molecular flexibility index (Phi) is 7.01. The molecule has 0 saturated carbocycles. The van der Waals surface area contributed by atoms with Crippen LogP contribution in [0.1, 0.15) is 66.7 Å². The van der Waals surface area contributed by atoms with Crippen molar-refractivity contribution in [2.75, 3.05) is 19.6 Å². The Labute approximate surface area is 125 Å². The van der Waals surface area contributed by atoms with Crippen LogP contribution in [0.4, 0.5) is 0 Å². The molecule has 0 spiro atoms. The highest BCUT2D eigenvalue weighted by atomic mass is 16.2. The minimum absolute atomic E-state index is 0.205. The van der Waals surface area contributed by atoms with Crippen LogP contribution in [0, 0.1) is 11.3 Å². The molecule has 2 atom stereocenters. The van der Waals surface area contributed by atoms with Crippen molar-refractivity contribution < 1.29 is 4.79 Å². The lowest BCUT2D eigenvalue weighted by Crippen LogP contribution is -2.46. The van der Waals surface area contributed by atoms with Gasteiger partial charge in [0.15, 0.2) is 0 Å². The van der Waals surface area contributed by atoms with Gasteiger partial charge in [-0.2, -0.15) is 0 Å². The highest BCUT2D eigenvalue weighted by Gasteiger charge is 2.26. The standard InChI is InChI=1S/C17H34N2O/c1-6-11-19(13-15-9-7-8-10-18-15)16(20)12-14(2)17(3,4)5/h14-15,18H,6-13H2,1-5H3. The molecule has 0 aliphatic carbocycles. The van der Waals surface area contributed by atoms with Gasteiger partial charge in [0.1, 0.15) is 0 Å². The molecule has 1 amide bonds. The van der Waals surface area contributed by atoms with Gasteiger partial charge in [0.25, 0.3) is 0 Å². The predicted molar refractivity (Wildman–Crippen MR) is 85.7 cm³/mol. The van der Waals surface area contributed by atoms with Crippen LogP contribution in [0.3, 0.4) is 0 Å². The summed E-state index contributed by atoms with van der Waals surface area (Å²) in [5.74, 6) is 0.760. The van der Waals surface area contributed by atoms with Crippen molar-refractivity contribution in [3.8, 4) is 0 Å². The summed E-state index contributed by atoms with van der Waals surface area (Å²) in [4.78, 5) is 14.7. The number of hydrogen-bond acceptors (Lipinski definition) is 2. The topological polar surface area (TPSA) is 32.3 Å². The lowest BCUT2D eigenvalue weighted by atomic mass is 9.80. The molecule has 3 nitrogen and oxygen atoms in total. The van der Waals surface area contributed by atoms with Gasteiger partial charge >= 0.3 is 0 Å². The summed E-state index contributed by atoms with van der Waals surface area (Å²) >= 11 is 0. The Bertz CT molecular complexity index is 290. The van der Waals surface area contributed by atoms with E-state index >= 15 is 0 Å². The third-order valence-electron chi connectivity index (χ3n) is 4.66. The molecule has 20 heavy (non-hydrogen) atoms. The lowest BCUT2D eigenvalue weighted by molar-refractivity contribution is -0.133. The van der Waals surface area contributed by atoms with Gasteiger partial charge in [0, 0.05) is 25.6 Å². The normalized spacial score (nSPS) is 21.6. The minimum atomic E-state index is 0.205. The summed E-state index contributed by atoms with van der Waals surface area (Å²) in [5.41, 5.74) is 0.205. The quantitative estimate of drug-likeness (QED) is 0.809. The van der Waals surface area contributed by atoms with E-state index in [0.29, 0.717) is 24.3 Å². The Morgan fingerprint density at radius 3 is 2.55 bits per heavy atom. The zero-order chi connectivity index (χ0) is 15.2. The van der Waals surface area contributed by atoms with E-state index in [1.54, 1.807) is 0 Å². The maximum atomic E-state index is 12.6. The highest BCUT2D eigenvalue weighted by molar-refractivity contribution is 5.76. The molecule has 0 bridgehead atoms. The first-order valence-corrected chi connectivity index (χ1v) is 8.35. The molecule has 1 N–H and O–H groups in total. The molecule has 0 radical (unpaired) electrons. The fourth-order valence-electron chi connectivity index (χ4n) is 2.63. The Hall–Kier alpha value is -0.570. The smallest absolute Gasteiger partial charge is 0.222 e. The molecule has 1 aliphatic rings. The van der Waals surface area contributed by atoms with E-state index in [0.717, 1.165) is 26.1 Å². The second-order valence-electron chi connectivity index (χ2n) is 7.46. The first-order chi connectivity index (χ1) is 9.34. The number of nitrogens with one attached hydrogen (secondary N) is 1. The molecular formula is C17H34N2O. The fraction of sp³-hybridized carbons (Fsp3) is 0.941. The number of carbonyl (C=O) groups is 1. The van der Waals surface area contributed by atoms with Crippen molar-refractivity contribution in [2.24, 2.45) is 11.3 Å². The Morgan fingerprint density at radius 2 is 2.05 bits per heavy atom. The fourth-order valence-corrected chi connectivity index (χ4v) is 2.63. The van der Waals surface area contributed by atoms with E-state index in [4.69, 9.17) is 0 Å². The summed E-state index contributed by atoms with van der Waals surface area (Å²) in [6.45, 7) is 13.9. The van der Waals surface area contributed by atoms with E-state index < -0.39 is 0 Å². The van der Waals surface area contributed by atoms with Crippen molar-refractivity contribution in [2.45, 2.75) is 72.8 Å². The number of rotatable bonds is 6. The highest BCUT2D eigenvalue weighted by Crippen LogP contribution is 2.28. The number of amides is 1. The zero-order valence-electron chi connectivity index (χ0n) is 14.2. The number of hydrogen-bond donors (Lipinski definition) is 1.